The highest BCUT2D eigenvalue weighted by Gasteiger charge is 2.26. The van der Waals surface area contributed by atoms with Gasteiger partial charge in [0.05, 0.1) is 20.8 Å². The molecule has 0 radical (unpaired) electrons. The molecule has 0 fully saturated rings. The highest BCUT2D eigenvalue weighted by Crippen LogP contribution is 2.30. The number of aromatic amines is 1. The number of pyridine rings is 1. The van der Waals surface area contributed by atoms with Crippen molar-refractivity contribution in [2.45, 2.75) is 68.2 Å². The second-order valence-electron chi connectivity index (χ2n) is 8.55. The van der Waals surface area contributed by atoms with E-state index in [9.17, 15) is 22.0 Å². The fourth-order valence-electron chi connectivity index (χ4n) is 3.35. The molecule has 1 aromatic carbocycles. The van der Waals surface area contributed by atoms with Gasteiger partial charge in [0.25, 0.3) is 0 Å². The van der Waals surface area contributed by atoms with Crippen LogP contribution in [0.15, 0.2) is 51.1 Å². The van der Waals surface area contributed by atoms with Crippen LogP contribution in [0.4, 0.5) is 8.78 Å². The van der Waals surface area contributed by atoms with Crippen LogP contribution in [0.3, 0.4) is 0 Å². The number of hydrogen-bond acceptors (Lipinski definition) is 4. The average molecular weight is 438 g/mol. The van der Waals surface area contributed by atoms with Gasteiger partial charge in [-0.2, -0.15) is 0 Å². The van der Waals surface area contributed by atoms with E-state index in [2.05, 4.69) is 9.97 Å². The van der Waals surface area contributed by atoms with Crippen molar-refractivity contribution in [1.29, 1.82) is 0 Å². The summed E-state index contributed by atoms with van der Waals surface area (Å²) in [6.07, 6.45) is 1.31. The van der Waals surface area contributed by atoms with Crippen molar-refractivity contribution in [3.8, 4) is 0 Å². The zero-order chi connectivity index (χ0) is 22.3. The van der Waals surface area contributed by atoms with Gasteiger partial charge in [-0.15, -0.1) is 0 Å². The number of sulfone groups is 1. The minimum Gasteiger partial charge on any atom is -0.329 e. The largest absolute Gasteiger partial charge is 0.329 e. The van der Waals surface area contributed by atoms with Crippen LogP contribution >= 0.6 is 0 Å². The summed E-state index contributed by atoms with van der Waals surface area (Å²) in [6, 6.07) is 6.92. The quantitative estimate of drug-likeness (QED) is 0.623. The highest BCUT2D eigenvalue weighted by atomic mass is 32.2. The lowest BCUT2D eigenvalue weighted by Crippen LogP contribution is -2.20. The third-order valence-electron chi connectivity index (χ3n) is 4.76. The molecule has 30 heavy (non-hydrogen) atoms. The zero-order valence-corrected chi connectivity index (χ0v) is 18.2. The van der Waals surface area contributed by atoms with Gasteiger partial charge >= 0.3 is 0 Å². The van der Waals surface area contributed by atoms with E-state index in [0.29, 0.717) is 23.4 Å². The predicted molar refractivity (Wildman–Crippen MR) is 111 cm³/mol. The summed E-state index contributed by atoms with van der Waals surface area (Å²) in [7, 11) is -3.90. The smallest absolute Gasteiger partial charge is 0.249 e. The van der Waals surface area contributed by atoms with Gasteiger partial charge in [0.1, 0.15) is 5.82 Å². The number of imidazole rings is 1. The van der Waals surface area contributed by atoms with Crippen LogP contribution in [0.1, 0.15) is 46.4 Å². The Hall–Kier alpha value is -2.55. The molecule has 0 atom stereocenters. The van der Waals surface area contributed by atoms with E-state index < -0.39 is 21.3 Å². The number of nitrogens with one attached hydrogen (secondary N) is 1. The van der Waals surface area contributed by atoms with Crippen molar-refractivity contribution in [2.24, 2.45) is 0 Å². The molecule has 0 aliphatic rings. The number of alkyl halides is 2. The molecule has 2 heterocycles. The second kappa shape index (κ2) is 7.61. The number of hydrogen-bond donors (Lipinski definition) is 1. The van der Waals surface area contributed by atoms with Gasteiger partial charge in [-0.25, -0.2) is 22.2 Å². The van der Waals surface area contributed by atoms with Crippen LogP contribution < -0.4 is 5.56 Å². The van der Waals surface area contributed by atoms with Crippen LogP contribution in [0, 0.1) is 0 Å². The molecule has 3 aromatic rings. The number of aromatic nitrogens is 3. The number of nitrogens with zero attached hydrogens (tertiary/aromatic N) is 2. The van der Waals surface area contributed by atoms with Crippen LogP contribution in [0.25, 0.3) is 11.0 Å². The third-order valence-corrected chi connectivity index (χ3v) is 6.50. The monoisotopic (exact) mass is 437 g/mol. The van der Waals surface area contributed by atoms with E-state index in [0.717, 1.165) is 13.0 Å². The predicted octanol–water partition coefficient (Wildman–Crippen LogP) is 4.29. The Morgan fingerprint density at radius 3 is 2.33 bits per heavy atom. The number of halogens is 2. The molecule has 162 valence electrons. The molecule has 9 heteroatoms. The standard InChI is InChI=1S/C21H25F2N3O3S/c1-20(2,3)19-25-16-12-14(30(28,29)15-8-10-24-18(27)13-15)6-7-17(16)26(19)11-5-9-21(4,22)23/h6-8,10,12-13H,5,9,11H2,1-4H3,(H,24,27). The summed E-state index contributed by atoms with van der Waals surface area (Å²) >= 11 is 0. The van der Waals surface area contributed by atoms with Crippen LogP contribution in [0.2, 0.25) is 0 Å². The van der Waals surface area contributed by atoms with Crippen molar-refractivity contribution >= 4 is 20.9 Å². The van der Waals surface area contributed by atoms with Crippen molar-refractivity contribution in [3.05, 3.63) is 52.7 Å². The Morgan fingerprint density at radius 1 is 1.07 bits per heavy atom. The summed E-state index contributed by atoms with van der Waals surface area (Å²) in [5.41, 5.74) is 0.280. The fraction of sp³-hybridized carbons (Fsp3) is 0.429. The maximum absolute atomic E-state index is 13.3. The van der Waals surface area contributed by atoms with E-state index in [1.54, 1.807) is 6.07 Å². The van der Waals surface area contributed by atoms with Crippen LogP contribution in [-0.2, 0) is 21.8 Å². The number of rotatable bonds is 6. The minimum absolute atomic E-state index is 0.0193. The average Bonchev–Trinajstić information content (AvgIpc) is 2.99. The summed E-state index contributed by atoms with van der Waals surface area (Å²) < 4.78 is 54.3. The molecule has 0 aliphatic heterocycles. The van der Waals surface area contributed by atoms with Gasteiger partial charge in [0.15, 0.2) is 0 Å². The number of benzene rings is 1. The van der Waals surface area contributed by atoms with Crippen molar-refractivity contribution in [1.82, 2.24) is 14.5 Å². The summed E-state index contributed by atoms with van der Waals surface area (Å²) in [5, 5.41) is 0. The van der Waals surface area contributed by atoms with E-state index in [-0.39, 0.29) is 28.0 Å². The summed E-state index contributed by atoms with van der Waals surface area (Å²) in [4.78, 5) is 18.5. The maximum Gasteiger partial charge on any atom is 0.249 e. The fourth-order valence-corrected chi connectivity index (χ4v) is 4.65. The first-order valence-corrected chi connectivity index (χ1v) is 11.1. The SMILES string of the molecule is CC(F)(F)CCCn1c(C(C)(C)C)nc2cc(S(=O)(=O)c3cc[nH]c(=O)c3)ccc21. The van der Waals surface area contributed by atoms with Gasteiger partial charge in [-0.1, -0.05) is 20.8 Å². The first-order chi connectivity index (χ1) is 13.8. The molecular weight excluding hydrogens is 412 g/mol. The lowest BCUT2D eigenvalue weighted by atomic mass is 9.95. The lowest BCUT2D eigenvalue weighted by Gasteiger charge is -2.20. The van der Waals surface area contributed by atoms with Gasteiger partial charge in [-0.3, -0.25) is 4.79 Å². The van der Waals surface area contributed by atoms with E-state index in [1.807, 2.05) is 25.3 Å². The molecule has 2 aromatic heterocycles. The molecule has 3 rings (SSSR count). The van der Waals surface area contributed by atoms with E-state index >= 15 is 0 Å². The minimum atomic E-state index is -3.90. The molecule has 6 nitrogen and oxygen atoms in total. The molecule has 0 amide bonds. The zero-order valence-electron chi connectivity index (χ0n) is 17.4. The van der Waals surface area contributed by atoms with E-state index in [1.165, 1.54) is 24.4 Å². The van der Waals surface area contributed by atoms with Gasteiger partial charge in [0.2, 0.25) is 21.3 Å². The molecule has 0 spiro atoms. The van der Waals surface area contributed by atoms with Gasteiger partial charge in [-0.05, 0) is 37.6 Å². The topological polar surface area (TPSA) is 84.8 Å². The first kappa shape index (κ1) is 22.1. The van der Waals surface area contributed by atoms with E-state index in [4.69, 9.17) is 0 Å². The maximum atomic E-state index is 13.3. The van der Waals surface area contributed by atoms with Crippen LogP contribution in [-0.4, -0.2) is 28.9 Å². The lowest BCUT2D eigenvalue weighted by molar-refractivity contribution is 0.00990. The molecule has 0 saturated heterocycles. The Labute approximate surface area is 173 Å². The Bertz CT molecular complexity index is 1230. The molecule has 0 bridgehead atoms. The highest BCUT2D eigenvalue weighted by molar-refractivity contribution is 7.91. The Morgan fingerprint density at radius 2 is 1.73 bits per heavy atom. The summed E-state index contributed by atoms with van der Waals surface area (Å²) in [5.74, 6) is -2.05. The Balaban J connectivity index is 2.08. The summed E-state index contributed by atoms with van der Waals surface area (Å²) in [6.45, 7) is 7.15. The number of fused-ring (bicyclic) bond motifs is 1. The molecule has 0 aliphatic carbocycles. The van der Waals surface area contributed by atoms with Crippen LogP contribution in [0.5, 0.6) is 0 Å². The molecular formula is C21H25F2N3O3S. The Kier molecular flexibility index (Phi) is 5.62. The number of H-pyrrole nitrogens is 1. The first-order valence-electron chi connectivity index (χ1n) is 9.61. The second-order valence-corrected chi connectivity index (χ2v) is 10.5. The van der Waals surface area contributed by atoms with Crippen molar-refractivity contribution < 1.29 is 17.2 Å². The van der Waals surface area contributed by atoms with Gasteiger partial charge < -0.3 is 9.55 Å². The van der Waals surface area contributed by atoms with Crippen molar-refractivity contribution in [2.75, 3.05) is 0 Å². The van der Waals surface area contributed by atoms with Crippen molar-refractivity contribution in [3.63, 3.8) is 0 Å². The third kappa shape index (κ3) is 4.61. The number of aryl methyl sites for hydroxylation is 1. The molecule has 0 unspecified atom stereocenters. The molecule has 1 N–H and O–H groups in total. The van der Waals surface area contributed by atoms with Gasteiger partial charge in [0, 0.05) is 30.6 Å². The normalized spacial score (nSPS) is 13.1. The molecule has 0 saturated carbocycles.